The van der Waals surface area contributed by atoms with Gasteiger partial charge in [-0.2, -0.15) is 0 Å². The summed E-state index contributed by atoms with van der Waals surface area (Å²) in [5.74, 6) is 0.824. The Labute approximate surface area is 202 Å². The molecule has 2 N–H and O–H groups in total. The highest BCUT2D eigenvalue weighted by Crippen LogP contribution is 2.30. The molecule has 2 amide bonds. The Balaban J connectivity index is 1.62. The van der Waals surface area contributed by atoms with Crippen molar-refractivity contribution >= 4 is 17.9 Å². The Bertz CT molecular complexity index is 1010. The van der Waals surface area contributed by atoms with E-state index in [9.17, 15) is 9.59 Å². The van der Waals surface area contributed by atoms with Crippen LogP contribution in [0.2, 0.25) is 0 Å². The van der Waals surface area contributed by atoms with E-state index in [0.29, 0.717) is 50.6 Å². The Morgan fingerprint density at radius 2 is 1.71 bits per heavy atom. The van der Waals surface area contributed by atoms with E-state index in [-0.39, 0.29) is 23.1 Å². The molecule has 0 bridgehead atoms. The van der Waals surface area contributed by atoms with Gasteiger partial charge in [0.1, 0.15) is 6.61 Å². The summed E-state index contributed by atoms with van der Waals surface area (Å²) in [6.45, 7) is 10.6. The zero-order valence-corrected chi connectivity index (χ0v) is 20.7. The van der Waals surface area contributed by atoms with Gasteiger partial charge in [-0.3, -0.25) is 9.59 Å². The van der Waals surface area contributed by atoms with Crippen LogP contribution in [0.25, 0.3) is 6.08 Å². The summed E-state index contributed by atoms with van der Waals surface area (Å²) in [6, 6.07) is 14.1. The van der Waals surface area contributed by atoms with E-state index in [4.69, 9.17) is 15.2 Å². The lowest BCUT2D eigenvalue weighted by Gasteiger charge is -2.29. The average Bonchev–Trinajstić information content (AvgIpc) is 2.82. The molecule has 3 rings (SSSR count). The second kappa shape index (κ2) is 11.2. The van der Waals surface area contributed by atoms with Crippen molar-refractivity contribution < 1.29 is 19.1 Å². The number of carbonyl (C=O) groups excluding carboxylic acids is 2. The molecule has 2 aromatic carbocycles. The molecule has 6 heteroatoms. The molecular weight excluding hydrogens is 428 g/mol. The van der Waals surface area contributed by atoms with Crippen molar-refractivity contribution in [1.82, 2.24) is 4.90 Å². The van der Waals surface area contributed by atoms with Gasteiger partial charge in [-0.15, -0.1) is 0 Å². The monoisotopic (exact) mass is 464 g/mol. The smallest absolute Gasteiger partial charge is 0.246 e. The van der Waals surface area contributed by atoms with E-state index in [2.05, 4.69) is 45.0 Å². The van der Waals surface area contributed by atoms with E-state index in [0.717, 1.165) is 11.1 Å². The van der Waals surface area contributed by atoms with Crippen LogP contribution >= 0.6 is 0 Å². The summed E-state index contributed by atoms with van der Waals surface area (Å²) in [5.41, 5.74) is 8.72. The quantitative estimate of drug-likeness (QED) is 0.574. The molecule has 1 fully saturated rings. The van der Waals surface area contributed by atoms with Gasteiger partial charge in [0.2, 0.25) is 11.8 Å². The number of rotatable bonds is 8. The first kappa shape index (κ1) is 25.3. The zero-order chi connectivity index (χ0) is 24.7. The summed E-state index contributed by atoms with van der Waals surface area (Å²) in [7, 11) is 0. The molecule has 0 aromatic heterocycles. The van der Waals surface area contributed by atoms with Crippen molar-refractivity contribution in [2.75, 3.05) is 19.7 Å². The van der Waals surface area contributed by atoms with E-state index in [1.807, 2.05) is 25.1 Å². The number of primary amides is 1. The molecule has 1 aliphatic heterocycles. The molecule has 0 spiro atoms. The van der Waals surface area contributed by atoms with Gasteiger partial charge in [-0.05, 0) is 60.1 Å². The van der Waals surface area contributed by atoms with Gasteiger partial charge in [0.05, 0.1) is 6.61 Å². The normalized spacial score (nSPS) is 14.9. The van der Waals surface area contributed by atoms with Crippen LogP contribution in [0.3, 0.4) is 0 Å². The van der Waals surface area contributed by atoms with Crippen LogP contribution in [0.1, 0.15) is 57.2 Å². The number of benzene rings is 2. The van der Waals surface area contributed by atoms with Crippen LogP contribution in [0.4, 0.5) is 0 Å². The number of nitrogens with two attached hydrogens (primary N) is 1. The summed E-state index contributed by atoms with van der Waals surface area (Å²) in [5, 5.41) is 0. The minimum absolute atomic E-state index is 0.0695. The maximum Gasteiger partial charge on any atom is 0.246 e. The van der Waals surface area contributed by atoms with Crippen molar-refractivity contribution in [1.29, 1.82) is 0 Å². The minimum atomic E-state index is -0.282. The fourth-order valence-electron chi connectivity index (χ4n) is 3.94. The predicted molar refractivity (Wildman–Crippen MR) is 135 cm³/mol. The van der Waals surface area contributed by atoms with Crippen LogP contribution in [0, 0.1) is 5.92 Å². The first-order valence-electron chi connectivity index (χ1n) is 11.9. The Morgan fingerprint density at radius 1 is 1.03 bits per heavy atom. The first-order chi connectivity index (χ1) is 16.2. The molecule has 0 unspecified atom stereocenters. The number of likely N-dealkylation sites (tertiary alicyclic amines) is 1. The number of amides is 2. The van der Waals surface area contributed by atoms with Gasteiger partial charge in [0.25, 0.3) is 0 Å². The topological polar surface area (TPSA) is 81.9 Å². The lowest BCUT2D eigenvalue weighted by Crippen LogP contribution is -2.41. The van der Waals surface area contributed by atoms with Gasteiger partial charge < -0.3 is 20.1 Å². The average molecular weight is 465 g/mol. The second-order valence-electron chi connectivity index (χ2n) is 9.71. The highest BCUT2D eigenvalue weighted by atomic mass is 16.5. The van der Waals surface area contributed by atoms with Gasteiger partial charge in [-0.1, -0.05) is 51.1 Å². The van der Waals surface area contributed by atoms with Crippen LogP contribution < -0.4 is 15.2 Å². The molecule has 0 radical (unpaired) electrons. The van der Waals surface area contributed by atoms with Gasteiger partial charge in [-0.25, -0.2) is 0 Å². The SMILES string of the molecule is CCOc1cc(C=CC(=O)N2CCC(C(N)=O)CC2)ccc1OCc1ccc(C(C)(C)C)cc1. The largest absolute Gasteiger partial charge is 0.490 e. The molecule has 0 atom stereocenters. The Kier molecular flexibility index (Phi) is 8.37. The summed E-state index contributed by atoms with van der Waals surface area (Å²) in [4.78, 5) is 25.6. The van der Waals surface area contributed by atoms with Crippen LogP contribution in [0.15, 0.2) is 48.5 Å². The number of hydrogen-bond donors (Lipinski definition) is 1. The third-order valence-electron chi connectivity index (χ3n) is 6.11. The molecule has 2 aromatic rings. The molecular formula is C28H36N2O4. The Hall–Kier alpha value is -3.28. The Morgan fingerprint density at radius 3 is 2.29 bits per heavy atom. The molecule has 34 heavy (non-hydrogen) atoms. The standard InChI is InChI=1S/C28H36N2O4/c1-5-33-25-18-20(9-13-26(31)30-16-14-22(15-17-30)27(29)32)8-12-24(25)34-19-21-6-10-23(11-7-21)28(2,3)4/h6-13,18,22H,5,14-17,19H2,1-4H3,(H2,29,32). The van der Waals surface area contributed by atoms with Gasteiger partial charge in [0, 0.05) is 25.1 Å². The number of piperidine rings is 1. The van der Waals surface area contributed by atoms with Gasteiger partial charge in [0.15, 0.2) is 11.5 Å². The van der Waals surface area contributed by atoms with Crippen molar-refractivity contribution in [3.8, 4) is 11.5 Å². The summed E-state index contributed by atoms with van der Waals surface area (Å²) >= 11 is 0. The second-order valence-corrected chi connectivity index (χ2v) is 9.71. The number of hydrogen-bond acceptors (Lipinski definition) is 4. The lowest BCUT2D eigenvalue weighted by molar-refractivity contribution is -0.130. The third-order valence-corrected chi connectivity index (χ3v) is 6.11. The minimum Gasteiger partial charge on any atom is -0.490 e. The summed E-state index contributed by atoms with van der Waals surface area (Å²) in [6.07, 6.45) is 4.58. The predicted octanol–water partition coefficient (Wildman–Crippen LogP) is 4.70. The first-order valence-corrected chi connectivity index (χ1v) is 11.9. The molecule has 0 aliphatic carbocycles. The summed E-state index contributed by atoms with van der Waals surface area (Å²) < 4.78 is 11.8. The van der Waals surface area contributed by atoms with E-state index in [1.54, 1.807) is 17.1 Å². The molecule has 1 saturated heterocycles. The molecule has 182 valence electrons. The van der Waals surface area contributed by atoms with Crippen LogP contribution in [0.5, 0.6) is 11.5 Å². The van der Waals surface area contributed by atoms with Crippen LogP contribution in [-0.4, -0.2) is 36.4 Å². The van der Waals surface area contributed by atoms with Crippen molar-refractivity contribution in [2.24, 2.45) is 11.7 Å². The molecule has 0 saturated carbocycles. The highest BCUT2D eigenvalue weighted by molar-refractivity contribution is 5.92. The van der Waals surface area contributed by atoms with E-state index in [1.165, 1.54) is 5.56 Å². The fourth-order valence-corrected chi connectivity index (χ4v) is 3.94. The zero-order valence-electron chi connectivity index (χ0n) is 20.7. The third kappa shape index (κ3) is 6.86. The van der Waals surface area contributed by atoms with E-state index < -0.39 is 0 Å². The maximum atomic E-state index is 12.5. The molecule has 1 heterocycles. The van der Waals surface area contributed by atoms with Crippen molar-refractivity contribution in [3.63, 3.8) is 0 Å². The highest BCUT2D eigenvalue weighted by Gasteiger charge is 2.24. The number of nitrogens with zero attached hydrogens (tertiary/aromatic N) is 1. The molecule has 6 nitrogen and oxygen atoms in total. The van der Waals surface area contributed by atoms with E-state index >= 15 is 0 Å². The van der Waals surface area contributed by atoms with Crippen LogP contribution in [-0.2, 0) is 21.6 Å². The number of ether oxygens (including phenoxy) is 2. The van der Waals surface area contributed by atoms with Gasteiger partial charge >= 0.3 is 0 Å². The fraction of sp³-hybridized carbons (Fsp3) is 0.429. The molecule has 1 aliphatic rings. The number of carbonyl (C=O) groups is 2. The van der Waals surface area contributed by atoms with Crippen molar-refractivity contribution in [2.45, 2.75) is 52.6 Å². The lowest BCUT2D eigenvalue weighted by atomic mass is 9.87. The maximum absolute atomic E-state index is 12.5. The van der Waals surface area contributed by atoms with Crippen molar-refractivity contribution in [3.05, 3.63) is 65.2 Å².